The van der Waals surface area contributed by atoms with E-state index in [0.29, 0.717) is 18.2 Å². The van der Waals surface area contributed by atoms with E-state index < -0.39 is 0 Å². The van der Waals surface area contributed by atoms with Crippen molar-refractivity contribution in [1.29, 1.82) is 0 Å². The molecule has 5 heteroatoms. The second kappa shape index (κ2) is 5.87. The third-order valence-corrected chi connectivity index (χ3v) is 5.15. The van der Waals surface area contributed by atoms with Crippen LogP contribution in [0.2, 0.25) is 0 Å². The number of morpholine rings is 1. The van der Waals surface area contributed by atoms with Gasteiger partial charge in [0.05, 0.1) is 23.4 Å². The Hall–Kier alpha value is -0.490. The standard InChI is InChI=1S/C14H23N3OS/c1-10-16-11(9-19-10)6-13(15-2)14-7-17-5-3-4-12(17)8-18-14/h9,12-15H,3-8H2,1-2H3. The first kappa shape index (κ1) is 13.5. The molecular weight excluding hydrogens is 258 g/mol. The van der Waals surface area contributed by atoms with Crippen molar-refractivity contribution < 1.29 is 4.74 Å². The summed E-state index contributed by atoms with van der Waals surface area (Å²) in [5.74, 6) is 0. The van der Waals surface area contributed by atoms with Gasteiger partial charge in [-0.25, -0.2) is 4.98 Å². The Morgan fingerprint density at radius 1 is 1.63 bits per heavy atom. The second-order valence-corrected chi connectivity index (χ2v) is 6.68. The molecule has 19 heavy (non-hydrogen) atoms. The van der Waals surface area contributed by atoms with E-state index in [2.05, 4.69) is 27.5 Å². The molecule has 1 N–H and O–H groups in total. The minimum absolute atomic E-state index is 0.293. The summed E-state index contributed by atoms with van der Waals surface area (Å²) in [6.07, 6.45) is 3.89. The van der Waals surface area contributed by atoms with Crippen molar-refractivity contribution in [3.8, 4) is 0 Å². The highest BCUT2D eigenvalue weighted by Crippen LogP contribution is 2.24. The minimum atomic E-state index is 0.293. The van der Waals surface area contributed by atoms with Crippen LogP contribution in [0, 0.1) is 6.92 Å². The van der Waals surface area contributed by atoms with E-state index in [1.807, 2.05) is 7.05 Å². The molecule has 106 valence electrons. The molecule has 1 aromatic rings. The molecule has 1 aromatic heterocycles. The Balaban J connectivity index is 1.62. The zero-order chi connectivity index (χ0) is 13.2. The van der Waals surface area contributed by atoms with E-state index in [9.17, 15) is 0 Å². The maximum Gasteiger partial charge on any atom is 0.0897 e. The molecule has 3 rings (SSSR count). The van der Waals surface area contributed by atoms with Crippen LogP contribution in [0.25, 0.3) is 0 Å². The number of aromatic nitrogens is 1. The fourth-order valence-corrected chi connectivity index (χ4v) is 3.86. The molecule has 0 bridgehead atoms. The van der Waals surface area contributed by atoms with Crippen LogP contribution >= 0.6 is 11.3 Å². The SMILES string of the molecule is CNC(Cc1csc(C)n1)C1CN2CCCC2CO1. The van der Waals surface area contributed by atoms with E-state index in [-0.39, 0.29) is 0 Å². The van der Waals surface area contributed by atoms with Crippen molar-refractivity contribution >= 4 is 11.3 Å². The van der Waals surface area contributed by atoms with Crippen LogP contribution in [0.4, 0.5) is 0 Å². The van der Waals surface area contributed by atoms with Gasteiger partial charge in [-0.1, -0.05) is 0 Å². The molecule has 2 saturated heterocycles. The summed E-state index contributed by atoms with van der Waals surface area (Å²) in [6, 6.07) is 1.04. The zero-order valence-electron chi connectivity index (χ0n) is 11.8. The van der Waals surface area contributed by atoms with Crippen molar-refractivity contribution in [2.45, 2.75) is 44.4 Å². The summed E-state index contributed by atoms with van der Waals surface area (Å²) in [6.45, 7) is 5.28. The van der Waals surface area contributed by atoms with Gasteiger partial charge in [-0.3, -0.25) is 4.90 Å². The summed E-state index contributed by atoms with van der Waals surface area (Å²) in [7, 11) is 2.03. The van der Waals surface area contributed by atoms with Gasteiger partial charge in [0.1, 0.15) is 0 Å². The van der Waals surface area contributed by atoms with Gasteiger partial charge in [0.15, 0.2) is 0 Å². The molecular formula is C14H23N3OS. The maximum atomic E-state index is 6.10. The van der Waals surface area contributed by atoms with Crippen LogP contribution in [0.1, 0.15) is 23.5 Å². The first-order valence-electron chi connectivity index (χ1n) is 7.20. The van der Waals surface area contributed by atoms with Gasteiger partial charge < -0.3 is 10.1 Å². The van der Waals surface area contributed by atoms with E-state index in [1.165, 1.54) is 25.1 Å². The van der Waals surface area contributed by atoms with Crippen molar-refractivity contribution in [2.75, 3.05) is 26.7 Å². The first-order chi connectivity index (χ1) is 9.26. The van der Waals surface area contributed by atoms with Crippen LogP contribution in [-0.2, 0) is 11.2 Å². The number of nitrogens with zero attached hydrogens (tertiary/aromatic N) is 2. The number of rotatable bonds is 4. The third-order valence-electron chi connectivity index (χ3n) is 4.33. The molecule has 0 radical (unpaired) electrons. The van der Waals surface area contributed by atoms with Crippen molar-refractivity contribution in [2.24, 2.45) is 0 Å². The highest BCUT2D eigenvalue weighted by atomic mass is 32.1. The monoisotopic (exact) mass is 281 g/mol. The minimum Gasteiger partial charge on any atom is -0.374 e. The highest BCUT2D eigenvalue weighted by molar-refractivity contribution is 7.09. The molecule has 0 aliphatic carbocycles. The summed E-state index contributed by atoms with van der Waals surface area (Å²) < 4.78 is 6.10. The second-order valence-electron chi connectivity index (χ2n) is 5.62. The van der Waals surface area contributed by atoms with Crippen LogP contribution in [0.15, 0.2) is 5.38 Å². The largest absolute Gasteiger partial charge is 0.374 e. The summed E-state index contributed by atoms with van der Waals surface area (Å²) in [5, 5.41) is 6.74. The number of hydrogen-bond donors (Lipinski definition) is 1. The van der Waals surface area contributed by atoms with Crippen LogP contribution in [-0.4, -0.2) is 54.8 Å². The Morgan fingerprint density at radius 2 is 2.53 bits per heavy atom. The van der Waals surface area contributed by atoms with Gasteiger partial charge in [0, 0.05) is 30.4 Å². The van der Waals surface area contributed by atoms with Gasteiger partial charge in [0.25, 0.3) is 0 Å². The topological polar surface area (TPSA) is 37.4 Å². The van der Waals surface area contributed by atoms with Gasteiger partial charge >= 0.3 is 0 Å². The molecule has 0 spiro atoms. The summed E-state index contributed by atoms with van der Waals surface area (Å²) in [5.41, 5.74) is 1.19. The number of nitrogens with one attached hydrogen (secondary N) is 1. The lowest BCUT2D eigenvalue weighted by molar-refractivity contribution is -0.0635. The van der Waals surface area contributed by atoms with Crippen molar-refractivity contribution in [3.63, 3.8) is 0 Å². The average molecular weight is 281 g/mol. The number of ether oxygens (including phenoxy) is 1. The Kier molecular flexibility index (Phi) is 4.17. The number of fused-ring (bicyclic) bond motifs is 1. The predicted octanol–water partition coefficient (Wildman–Crippen LogP) is 1.45. The zero-order valence-corrected chi connectivity index (χ0v) is 12.6. The van der Waals surface area contributed by atoms with Gasteiger partial charge in [-0.2, -0.15) is 0 Å². The fourth-order valence-electron chi connectivity index (χ4n) is 3.23. The molecule has 0 aromatic carbocycles. The molecule has 2 aliphatic heterocycles. The number of thiazole rings is 1. The first-order valence-corrected chi connectivity index (χ1v) is 8.08. The molecule has 0 amide bonds. The Bertz CT molecular complexity index is 423. The van der Waals surface area contributed by atoms with E-state index >= 15 is 0 Å². The molecule has 2 aliphatic rings. The number of hydrogen-bond acceptors (Lipinski definition) is 5. The number of likely N-dealkylation sites (N-methyl/N-ethyl adjacent to an activating group) is 1. The van der Waals surface area contributed by atoms with E-state index in [1.54, 1.807) is 11.3 Å². The fraction of sp³-hybridized carbons (Fsp3) is 0.786. The number of aryl methyl sites for hydroxylation is 1. The molecule has 0 saturated carbocycles. The molecule has 3 heterocycles. The molecule has 4 nitrogen and oxygen atoms in total. The van der Waals surface area contributed by atoms with Gasteiger partial charge in [-0.15, -0.1) is 11.3 Å². The normalized spacial score (nSPS) is 29.4. The maximum absolute atomic E-state index is 6.10. The smallest absolute Gasteiger partial charge is 0.0897 e. The van der Waals surface area contributed by atoms with Crippen LogP contribution < -0.4 is 5.32 Å². The van der Waals surface area contributed by atoms with Crippen LogP contribution in [0.5, 0.6) is 0 Å². The molecule has 3 atom stereocenters. The third kappa shape index (κ3) is 2.99. The lowest BCUT2D eigenvalue weighted by atomic mass is 10.0. The highest BCUT2D eigenvalue weighted by Gasteiger charge is 2.35. The quantitative estimate of drug-likeness (QED) is 0.906. The van der Waals surface area contributed by atoms with Gasteiger partial charge in [-0.05, 0) is 33.4 Å². The summed E-state index contributed by atoms with van der Waals surface area (Å²) >= 11 is 1.73. The predicted molar refractivity (Wildman–Crippen MR) is 77.7 cm³/mol. The lowest BCUT2D eigenvalue weighted by Gasteiger charge is -2.38. The van der Waals surface area contributed by atoms with Crippen molar-refractivity contribution in [1.82, 2.24) is 15.2 Å². The lowest BCUT2D eigenvalue weighted by Crippen LogP contribution is -2.54. The summed E-state index contributed by atoms with van der Waals surface area (Å²) in [4.78, 5) is 7.17. The Morgan fingerprint density at radius 3 is 3.26 bits per heavy atom. The molecule has 3 unspecified atom stereocenters. The van der Waals surface area contributed by atoms with E-state index in [0.717, 1.165) is 24.6 Å². The van der Waals surface area contributed by atoms with Gasteiger partial charge in [0.2, 0.25) is 0 Å². The average Bonchev–Trinajstić information content (AvgIpc) is 3.03. The Labute approximate surface area is 119 Å². The molecule has 2 fully saturated rings. The van der Waals surface area contributed by atoms with E-state index in [4.69, 9.17) is 4.74 Å². The van der Waals surface area contributed by atoms with Crippen molar-refractivity contribution in [3.05, 3.63) is 16.1 Å². The van der Waals surface area contributed by atoms with Crippen LogP contribution in [0.3, 0.4) is 0 Å².